The fraction of sp³-hybridized carbons (Fsp3) is 0. The number of carboxylic acid groups (broad SMARTS) is 1. The molecule has 0 saturated heterocycles. The summed E-state index contributed by atoms with van der Waals surface area (Å²) in [5.74, 6) is -2.74. The van der Waals surface area contributed by atoms with Crippen molar-refractivity contribution in [1.82, 2.24) is 0 Å². The quantitative estimate of drug-likeness (QED) is 0.272. The Morgan fingerprint density at radius 3 is 2.17 bits per heavy atom. The van der Waals surface area contributed by atoms with Crippen molar-refractivity contribution < 1.29 is 66.1 Å². The Bertz CT molecular complexity index is 473. The molecular weight excluding hydrogens is 255 g/mol. The normalized spacial score (nSPS) is 10.9. The second kappa shape index (κ2) is 10.2. The van der Waals surface area contributed by atoms with Gasteiger partial charge >= 0.3 is 51.4 Å². The van der Waals surface area contributed by atoms with E-state index in [-0.39, 0.29) is 51.4 Å². The van der Waals surface area contributed by atoms with Crippen molar-refractivity contribution in [3.8, 4) is 0 Å². The molecular formula is C14H11KO3. The van der Waals surface area contributed by atoms with Gasteiger partial charge in [0.1, 0.15) is 5.97 Å². The molecule has 0 N–H and O–H groups in total. The van der Waals surface area contributed by atoms with E-state index in [9.17, 15) is 14.7 Å². The van der Waals surface area contributed by atoms with Crippen LogP contribution in [0.1, 0.15) is 5.56 Å². The van der Waals surface area contributed by atoms with Crippen molar-refractivity contribution >= 4 is 17.8 Å². The number of hydrogen-bond donors (Lipinski definition) is 0. The van der Waals surface area contributed by atoms with Crippen LogP contribution in [0.2, 0.25) is 0 Å². The molecule has 1 aromatic rings. The second-order valence-electron chi connectivity index (χ2n) is 3.17. The monoisotopic (exact) mass is 266 g/mol. The minimum Gasteiger partial charge on any atom is -0.541 e. The number of carbonyl (C=O) groups excluding carboxylic acids is 2. The minimum absolute atomic E-state index is 0. The molecule has 0 unspecified atom stereocenters. The minimum atomic E-state index is -1.70. The van der Waals surface area contributed by atoms with Gasteiger partial charge in [0.25, 0.3) is 0 Å². The molecule has 86 valence electrons. The van der Waals surface area contributed by atoms with Crippen LogP contribution in [0.15, 0.2) is 60.7 Å². The average Bonchev–Trinajstić information content (AvgIpc) is 2.34. The number of benzene rings is 1. The van der Waals surface area contributed by atoms with Crippen LogP contribution in [0.25, 0.3) is 6.08 Å². The van der Waals surface area contributed by atoms with Gasteiger partial charge in [0.2, 0.25) is 5.78 Å². The molecule has 0 atom stereocenters. The maximum Gasteiger partial charge on any atom is 1.00 e. The third-order valence-corrected chi connectivity index (χ3v) is 1.87. The maximum atomic E-state index is 10.6. The molecule has 0 saturated carbocycles. The number of rotatable bonds is 5. The summed E-state index contributed by atoms with van der Waals surface area (Å²) in [5.41, 5.74) is 1.06. The van der Waals surface area contributed by atoms with Gasteiger partial charge < -0.3 is 9.90 Å². The molecule has 0 aliphatic rings. The van der Waals surface area contributed by atoms with Crippen molar-refractivity contribution in [2.75, 3.05) is 0 Å². The van der Waals surface area contributed by atoms with E-state index in [1.807, 2.05) is 36.4 Å². The summed E-state index contributed by atoms with van der Waals surface area (Å²) in [6, 6.07) is 9.71. The van der Waals surface area contributed by atoms with E-state index < -0.39 is 11.8 Å². The summed E-state index contributed by atoms with van der Waals surface area (Å²) in [6.07, 6.45) is 9.26. The van der Waals surface area contributed by atoms with E-state index in [2.05, 4.69) is 0 Å². The van der Waals surface area contributed by atoms with Crippen molar-refractivity contribution in [1.29, 1.82) is 0 Å². The van der Waals surface area contributed by atoms with E-state index >= 15 is 0 Å². The zero-order valence-electron chi connectivity index (χ0n) is 10.1. The van der Waals surface area contributed by atoms with Gasteiger partial charge in [-0.15, -0.1) is 0 Å². The molecule has 0 bridgehead atoms. The summed E-state index contributed by atoms with van der Waals surface area (Å²) in [4.78, 5) is 20.7. The standard InChI is InChI=1S/C14H12O3.K/c15-13(14(16)17)11-7-2-1-4-8-12-9-5-3-6-10-12;/h1-11H,(H,16,17);/q;+1/p-1. The number of carboxylic acids is 1. The SMILES string of the molecule is O=C([O-])C(=O)C=CC=CC=Cc1ccccc1.[K+]. The molecule has 3 nitrogen and oxygen atoms in total. The fourth-order valence-electron chi connectivity index (χ4n) is 1.07. The maximum absolute atomic E-state index is 10.6. The van der Waals surface area contributed by atoms with Crippen molar-refractivity contribution in [2.45, 2.75) is 0 Å². The molecule has 0 heterocycles. The van der Waals surface area contributed by atoms with Gasteiger partial charge in [-0.25, -0.2) is 0 Å². The number of hydrogen-bond acceptors (Lipinski definition) is 3. The predicted molar refractivity (Wildman–Crippen MR) is 63.8 cm³/mol. The van der Waals surface area contributed by atoms with Gasteiger partial charge in [-0.2, -0.15) is 0 Å². The zero-order valence-corrected chi connectivity index (χ0v) is 13.2. The van der Waals surface area contributed by atoms with Crippen LogP contribution in [-0.2, 0) is 9.59 Å². The molecule has 0 aliphatic carbocycles. The van der Waals surface area contributed by atoms with Crippen LogP contribution in [-0.4, -0.2) is 11.8 Å². The van der Waals surface area contributed by atoms with Crippen LogP contribution in [0.3, 0.4) is 0 Å². The number of allylic oxidation sites excluding steroid dienone is 4. The van der Waals surface area contributed by atoms with Crippen LogP contribution in [0.5, 0.6) is 0 Å². The van der Waals surface area contributed by atoms with Gasteiger partial charge in [0.15, 0.2) is 0 Å². The third kappa shape index (κ3) is 7.52. The summed E-state index contributed by atoms with van der Waals surface area (Å²) < 4.78 is 0. The molecule has 1 aromatic carbocycles. The van der Waals surface area contributed by atoms with Gasteiger partial charge in [0.05, 0.1) is 0 Å². The molecule has 0 fully saturated rings. The summed E-state index contributed by atoms with van der Waals surface area (Å²) in [7, 11) is 0. The smallest absolute Gasteiger partial charge is 0.541 e. The summed E-state index contributed by atoms with van der Waals surface area (Å²) in [5, 5.41) is 10.1. The summed E-state index contributed by atoms with van der Waals surface area (Å²) in [6.45, 7) is 0. The first-order valence-electron chi connectivity index (χ1n) is 5.02. The Labute approximate surface area is 148 Å². The number of carbonyl (C=O) groups is 2. The van der Waals surface area contributed by atoms with Crippen LogP contribution in [0, 0.1) is 0 Å². The largest absolute Gasteiger partial charge is 1.00 e. The molecule has 0 amide bonds. The first-order chi connectivity index (χ1) is 8.20. The molecule has 18 heavy (non-hydrogen) atoms. The molecule has 0 radical (unpaired) electrons. The molecule has 4 heteroatoms. The fourth-order valence-corrected chi connectivity index (χ4v) is 1.07. The van der Waals surface area contributed by atoms with Crippen molar-refractivity contribution in [3.63, 3.8) is 0 Å². The van der Waals surface area contributed by atoms with E-state index in [4.69, 9.17) is 0 Å². The van der Waals surface area contributed by atoms with E-state index in [1.54, 1.807) is 18.2 Å². The zero-order chi connectivity index (χ0) is 12.5. The van der Waals surface area contributed by atoms with Crippen LogP contribution < -0.4 is 56.5 Å². The average molecular weight is 266 g/mol. The van der Waals surface area contributed by atoms with Crippen LogP contribution in [0.4, 0.5) is 0 Å². The third-order valence-electron chi connectivity index (χ3n) is 1.87. The Balaban J connectivity index is 0.00000289. The van der Waals surface area contributed by atoms with Crippen molar-refractivity contribution in [2.24, 2.45) is 0 Å². The van der Waals surface area contributed by atoms with E-state index in [0.29, 0.717) is 0 Å². The molecule has 0 spiro atoms. The Morgan fingerprint density at radius 2 is 1.56 bits per heavy atom. The predicted octanol–water partition coefficient (Wildman–Crippen LogP) is -1.86. The van der Waals surface area contributed by atoms with E-state index in [0.717, 1.165) is 11.6 Å². The Morgan fingerprint density at radius 1 is 0.944 bits per heavy atom. The Kier molecular flexibility index (Phi) is 9.73. The molecule has 0 aromatic heterocycles. The van der Waals surface area contributed by atoms with Gasteiger partial charge in [0, 0.05) is 0 Å². The number of aliphatic carboxylic acids is 1. The Hall–Kier alpha value is -0.784. The van der Waals surface area contributed by atoms with Gasteiger partial charge in [-0.1, -0.05) is 60.7 Å². The first-order valence-corrected chi connectivity index (χ1v) is 5.02. The van der Waals surface area contributed by atoms with E-state index in [1.165, 1.54) is 6.08 Å². The number of ketones is 1. The van der Waals surface area contributed by atoms with Gasteiger partial charge in [-0.05, 0) is 11.6 Å². The molecule has 0 aliphatic heterocycles. The second-order valence-corrected chi connectivity index (χ2v) is 3.17. The van der Waals surface area contributed by atoms with Crippen molar-refractivity contribution in [3.05, 3.63) is 66.3 Å². The topological polar surface area (TPSA) is 57.2 Å². The van der Waals surface area contributed by atoms with Gasteiger partial charge in [-0.3, -0.25) is 4.79 Å². The molecule has 1 rings (SSSR count). The first kappa shape index (κ1) is 17.2. The van der Waals surface area contributed by atoms with Crippen LogP contribution >= 0.6 is 0 Å². The summed E-state index contributed by atoms with van der Waals surface area (Å²) >= 11 is 0.